The van der Waals surface area contributed by atoms with Crippen LogP contribution in [-0.2, 0) is 26.7 Å². The molecule has 2 heterocycles. The molecule has 242 valence electrons. The number of rotatable bonds is 14. The third-order valence-corrected chi connectivity index (χ3v) is 10.2. The molecule has 0 radical (unpaired) electrons. The third kappa shape index (κ3) is 7.62. The maximum Gasteiger partial charge on any atom is 0.209 e. The van der Waals surface area contributed by atoms with Gasteiger partial charge in [-0.1, -0.05) is 45.9 Å². The molecule has 2 aliphatic heterocycles. The van der Waals surface area contributed by atoms with E-state index in [1.165, 1.54) is 17.0 Å². The highest BCUT2D eigenvalue weighted by molar-refractivity contribution is 7.93. The van der Waals surface area contributed by atoms with Crippen molar-refractivity contribution in [3.05, 3.63) is 83.6 Å². The van der Waals surface area contributed by atoms with Crippen molar-refractivity contribution in [1.82, 2.24) is 0 Å². The molecule has 0 saturated carbocycles. The van der Waals surface area contributed by atoms with Gasteiger partial charge in [-0.25, -0.2) is 4.21 Å². The molecule has 8 heteroatoms. The zero-order valence-corrected chi connectivity index (χ0v) is 29.4. The second-order valence-corrected chi connectivity index (χ2v) is 15.1. The number of ketones is 1. The molecule has 4 rings (SSSR count). The Hall–Kier alpha value is -2.78. The summed E-state index contributed by atoms with van der Waals surface area (Å²) in [7, 11) is 0. The van der Waals surface area contributed by atoms with E-state index in [1.807, 2.05) is 18.2 Å². The Bertz CT molecular complexity index is 1570. The summed E-state index contributed by atoms with van der Waals surface area (Å²) in [6, 6.07) is 11.7. The molecule has 0 amide bonds. The van der Waals surface area contributed by atoms with Crippen LogP contribution < -0.4 is 4.90 Å². The molecule has 0 spiro atoms. The first kappa shape index (κ1) is 35.1. The number of carbonyl (C=O) groups excluding carboxylic acids is 1. The number of Topliss-reactive ketones (excluding diaryl/α,β-unsaturated/α-hetero) is 1. The Balaban J connectivity index is 1.56. The van der Waals surface area contributed by atoms with Crippen molar-refractivity contribution in [3.8, 4) is 0 Å². The van der Waals surface area contributed by atoms with E-state index in [0.29, 0.717) is 29.4 Å². The minimum absolute atomic E-state index is 0.240. The van der Waals surface area contributed by atoms with Gasteiger partial charge in [-0.3, -0.25) is 4.79 Å². The number of hydrogen-bond acceptors (Lipinski definition) is 5. The van der Waals surface area contributed by atoms with Crippen molar-refractivity contribution in [1.29, 1.82) is 0 Å². The van der Waals surface area contributed by atoms with Crippen molar-refractivity contribution in [2.24, 2.45) is 5.92 Å². The summed E-state index contributed by atoms with van der Waals surface area (Å²) in [5.74, 6) is 0.776. The lowest BCUT2D eigenvalue weighted by atomic mass is 9.81. The number of nitrogens with zero attached hydrogens (tertiary/aromatic N) is 2. The van der Waals surface area contributed by atoms with Gasteiger partial charge in [0.25, 0.3) is 0 Å². The Morgan fingerprint density at radius 1 is 1.00 bits per heavy atom. The van der Waals surface area contributed by atoms with Crippen LogP contribution >= 0.6 is 12.0 Å². The number of carbonyl (C=O) groups is 1. The third-order valence-electron chi connectivity index (χ3n) is 9.05. The molecular formula is C37H49N2O4S2+. The molecule has 0 aromatic heterocycles. The fraction of sp³-hybridized carbons (Fsp3) is 0.459. The van der Waals surface area contributed by atoms with Crippen molar-refractivity contribution in [2.75, 3.05) is 18.0 Å². The minimum Gasteiger partial charge on any atom is -0.344 e. The largest absolute Gasteiger partial charge is 0.344 e. The van der Waals surface area contributed by atoms with Crippen LogP contribution in [0.5, 0.6) is 0 Å². The summed E-state index contributed by atoms with van der Waals surface area (Å²) >= 11 is -1.24. The van der Waals surface area contributed by atoms with Crippen molar-refractivity contribution in [3.63, 3.8) is 0 Å². The normalized spacial score (nSPS) is 18.5. The summed E-state index contributed by atoms with van der Waals surface area (Å²) in [5.41, 5.74) is 6.31. The summed E-state index contributed by atoms with van der Waals surface area (Å²) in [6.07, 6.45) is 14.8. The molecule has 0 bridgehead atoms. The van der Waals surface area contributed by atoms with Crippen LogP contribution in [0.15, 0.2) is 82.3 Å². The molecule has 1 unspecified atom stereocenters. The number of benzene rings is 2. The first-order valence-corrected chi connectivity index (χ1v) is 17.9. The molecule has 2 aliphatic rings. The molecule has 2 N–H and O–H groups in total. The van der Waals surface area contributed by atoms with E-state index in [9.17, 15) is 18.1 Å². The second-order valence-electron chi connectivity index (χ2n) is 13.5. The van der Waals surface area contributed by atoms with Crippen molar-refractivity contribution in [2.45, 2.75) is 101 Å². The van der Waals surface area contributed by atoms with Crippen molar-refractivity contribution >= 4 is 46.0 Å². The molecule has 2 aromatic rings. The van der Waals surface area contributed by atoms with E-state index in [-0.39, 0.29) is 10.8 Å². The zero-order valence-electron chi connectivity index (χ0n) is 27.8. The molecule has 6 nitrogen and oxygen atoms in total. The van der Waals surface area contributed by atoms with Gasteiger partial charge in [0, 0.05) is 77.3 Å². The highest BCUT2D eigenvalue weighted by atomic mass is 32.2. The van der Waals surface area contributed by atoms with Crippen LogP contribution in [0.3, 0.4) is 0 Å². The highest BCUT2D eigenvalue weighted by Gasteiger charge is 2.44. The first-order valence-electron chi connectivity index (χ1n) is 16.0. The van der Waals surface area contributed by atoms with Crippen LogP contribution in [0, 0.1) is 5.92 Å². The number of hydrogen-bond donors (Lipinski definition) is 2. The fourth-order valence-electron chi connectivity index (χ4n) is 6.74. The van der Waals surface area contributed by atoms with Crippen LogP contribution in [0.25, 0.3) is 0 Å². The average molecular weight is 650 g/mol. The zero-order chi connectivity index (χ0) is 32.9. The highest BCUT2D eigenvalue weighted by Crippen LogP contribution is 2.48. The first-order chi connectivity index (χ1) is 21.3. The Kier molecular flexibility index (Phi) is 11.5. The molecule has 0 aliphatic carbocycles. The minimum atomic E-state index is -2.02. The number of fused-ring (bicyclic) bond motifs is 2. The average Bonchev–Trinajstić information content (AvgIpc) is 3.33. The standard InChI is InChI=1S/C37H48N2O4S2/c1-8-38-32-21-19-29(45(42)43)25-31(32)37(6,7)34(38)16-12-9-13-17-35-36(4,5)30-24-28(44-41)18-20-33(30)39(35)22-14-10-11-15-27(40)23-26(2)3/h9,12-13,16-21,24-26H,8,10-11,14-15,22-23H2,1-7H3,(H-,41,42,43)/p+1. The number of unbranched alkanes of at least 4 members (excludes halogenated alkanes) is 2. The predicted octanol–water partition coefficient (Wildman–Crippen LogP) is 9.20. The molecule has 0 saturated heterocycles. The molecule has 0 fully saturated rings. The van der Waals surface area contributed by atoms with Crippen LogP contribution in [0.1, 0.15) is 91.7 Å². The van der Waals surface area contributed by atoms with Gasteiger partial charge in [-0.15, -0.1) is 0 Å². The number of allylic oxidation sites excluding steroid dienone is 6. The van der Waals surface area contributed by atoms with Crippen molar-refractivity contribution < 1.29 is 22.7 Å². The second kappa shape index (κ2) is 14.8. The Labute approximate surface area is 276 Å². The number of anilines is 1. The lowest BCUT2D eigenvalue weighted by molar-refractivity contribution is -0.438. The van der Waals surface area contributed by atoms with E-state index < -0.39 is 11.1 Å². The maximum absolute atomic E-state index is 12.2. The van der Waals surface area contributed by atoms with E-state index in [4.69, 9.17) is 0 Å². The number of likely N-dealkylation sites (N-methyl/N-ethyl adjacent to an activating group) is 1. The summed E-state index contributed by atoms with van der Waals surface area (Å²) in [6.45, 7) is 16.8. The van der Waals surface area contributed by atoms with E-state index >= 15 is 0 Å². The molecule has 45 heavy (non-hydrogen) atoms. The van der Waals surface area contributed by atoms with Gasteiger partial charge in [0.05, 0.1) is 10.3 Å². The van der Waals surface area contributed by atoms with Gasteiger partial charge < -0.3 is 14.0 Å². The smallest absolute Gasteiger partial charge is 0.209 e. The van der Waals surface area contributed by atoms with Gasteiger partial charge in [0.2, 0.25) is 5.69 Å². The predicted molar refractivity (Wildman–Crippen MR) is 189 cm³/mol. The summed E-state index contributed by atoms with van der Waals surface area (Å²) in [5, 5.41) is 0. The van der Waals surface area contributed by atoms with E-state index in [0.717, 1.165) is 66.2 Å². The van der Waals surface area contributed by atoms with Gasteiger partial charge in [0.15, 0.2) is 16.8 Å². The maximum atomic E-state index is 12.2. The van der Waals surface area contributed by atoms with E-state index in [2.05, 4.69) is 100 Å². The van der Waals surface area contributed by atoms with Gasteiger partial charge in [-0.2, -0.15) is 4.58 Å². The van der Waals surface area contributed by atoms with Crippen LogP contribution in [0.2, 0.25) is 0 Å². The molecule has 2 aromatic carbocycles. The lowest BCUT2D eigenvalue weighted by Crippen LogP contribution is -2.28. The molecular weight excluding hydrogens is 601 g/mol. The monoisotopic (exact) mass is 649 g/mol. The Morgan fingerprint density at radius 2 is 1.76 bits per heavy atom. The van der Waals surface area contributed by atoms with Gasteiger partial charge in [-0.05, 0) is 81.5 Å². The lowest BCUT2D eigenvalue weighted by Gasteiger charge is -2.25. The summed E-state index contributed by atoms with van der Waals surface area (Å²) in [4.78, 5) is 15.7. The SMILES string of the molecule is CCN1\C(=C/C=C/C=C/C2=[N+](CCCCCC(=O)CC(C)C)c3ccc(SO)cc3C2(C)C)C(C)(C)c2cc(S(=O)O)ccc21. The van der Waals surface area contributed by atoms with Crippen LogP contribution in [-0.4, -0.2) is 42.5 Å². The Morgan fingerprint density at radius 3 is 2.42 bits per heavy atom. The van der Waals surface area contributed by atoms with Gasteiger partial charge in [0.1, 0.15) is 12.3 Å². The molecule has 1 atom stereocenters. The quantitative estimate of drug-likeness (QED) is 0.0698. The topological polar surface area (TPSA) is 80.8 Å². The fourth-order valence-corrected chi connectivity index (χ4v) is 7.44. The van der Waals surface area contributed by atoms with Crippen LogP contribution in [0.4, 0.5) is 11.4 Å². The van der Waals surface area contributed by atoms with Gasteiger partial charge >= 0.3 is 0 Å². The summed E-state index contributed by atoms with van der Waals surface area (Å²) < 4.78 is 33.5. The van der Waals surface area contributed by atoms with E-state index in [1.54, 1.807) is 6.07 Å².